The summed E-state index contributed by atoms with van der Waals surface area (Å²) >= 11 is 0. The fraction of sp³-hybridized carbons (Fsp3) is 0.200. The number of para-hydroxylation sites is 6. The summed E-state index contributed by atoms with van der Waals surface area (Å²) in [5, 5.41) is 5.69. The van der Waals surface area contributed by atoms with Crippen molar-refractivity contribution < 1.29 is 33.2 Å². The Kier molecular flexibility index (Phi) is 11.9. The standard InChI is InChI=1S/C40H33N2O.C25H25N2.Ir/c1-23(2)28-13-10-14-29(24(3)4)38(28)42-35-16-9-8-15-34(35)41-40(42)31-20-17-25(5)37-33-22-32-27(21-36(33)43-39(31)37)19-18-26-11-6-7-12-30(26)32;1-17(2)20-13-10-14-21(18(3)4)24(20)27-23-16-9-8-15-22(23)26-25(27)19-11-6-5-7-12-19;/h6-19,21-24H,1-5H3;5-11,13-18H,1-4H3;/q2*-1;+3/i5D3;;. The molecule has 6 heteroatoms. The molecule has 0 N–H and O–H groups in total. The van der Waals surface area contributed by atoms with Crippen LogP contribution in [0.3, 0.4) is 0 Å². The van der Waals surface area contributed by atoms with Gasteiger partial charge in [0.2, 0.25) is 0 Å². The van der Waals surface area contributed by atoms with Gasteiger partial charge in [-0.2, -0.15) is 0 Å². The fourth-order valence-corrected chi connectivity index (χ4v) is 10.4. The second kappa shape index (κ2) is 19.2. The van der Waals surface area contributed by atoms with E-state index in [1.807, 2.05) is 54.6 Å². The van der Waals surface area contributed by atoms with Crippen LogP contribution in [0.4, 0.5) is 0 Å². The van der Waals surface area contributed by atoms with E-state index >= 15 is 0 Å². The number of hydrogen-bond acceptors (Lipinski definition) is 2. The molecule has 0 bridgehead atoms. The molecule has 0 aliphatic carbocycles. The molecule has 12 aromatic rings. The van der Waals surface area contributed by atoms with Crippen molar-refractivity contribution in [1.29, 1.82) is 0 Å². The maximum atomic E-state index is 8.50. The molecule has 0 radical (unpaired) electrons. The van der Waals surface area contributed by atoms with Gasteiger partial charge in [0.1, 0.15) is 5.58 Å². The predicted octanol–water partition coefficient (Wildman–Crippen LogP) is 17.0. The minimum Gasteiger partial charge on any atom is -0.501 e. The van der Waals surface area contributed by atoms with Crippen molar-refractivity contribution in [2.24, 2.45) is 0 Å². The smallest absolute Gasteiger partial charge is 0.501 e. The Morgan fingerprint density at radius 1 is 0.620 bits per heavy atom. The van der Waals surface area contributed by atoms with Crippen LogP contribution in [0.2, 0.25) is 0 Å². The van der Waals surface area contributed by atoms with E-state index in [1.165, 1.54) is 27.9 Å². The molecule has 3 heterocycles. The number of aromatic nitrogens is 4. The quantitative estimate of drug-likeness (QED) is 0.0865. The first-order valence-corrected chi connectivity index (χ1v) is 24.6. The van der Waals surface area contributed by atoms with Crippen molar-refractivity contribution >= 4 is 65.6 Å². The van der Waals surface area contributed by atoms with Gasteiger partial charge in [0.25, 0.3) is 0 Å². The van der Waals surface area contributed by atoms with E-state index < -0.39 is 6.85 Å². The molecule has 9 aromatic carbocycles. The Balaban J connectivity index is 0.000000191. The van der Waals surface area contributed by atoms with E-state index in [9.17, 15) is 0 Å². The number of rotatable bonds is 8. The summed E-state index contributed by atoms with van der Waals surface area (Å²) in [4.78, 5) is 10.2. The van der Waals surface area contributed by atoms with Crippen LogP contribution in [0.25, 0.3) is 99.7 Å². The van der Waals surface area contributed by atoms with E-state index in [1.54, 1.807) is 6.07 Å². The van der Waals surface area contributed by atoms with Crippen molar-refractivity contribution in [3.8, 4) is 34.2 Å². The van der Waals surface area contributed by atoms with E-state index in [-0.39, 0.29) is 37.5 Å². The molecule has 0 amide bonds. The van der Waals surface area contributed by atoms with E-state index in [0.29, 0.717) is 39.8 Å². The number of imidazole rings is 2. The van der Waals surface area contributed by atoms with Crippen LogP contribution in [0, 0.1) is 19.0 Å². The molecule has 0 atom stereocenters. The summed E-state index contributed by atoms with van der Waals surface area (Å²) in [6.45, 7) is 15.5. The van der Waals surface area contributed by atoms with Gasteiger partial charge in [-0.05, 0) is 104 Å². The molecule has 0 spiro atoms. The average Bonchev–Trinajstić information content (AvgIpc) is 4.09. The SMILES string of the molecule is CC(C)c1cccc(C(C)C)c1-n1c(-c2[c-]cccc2)nc2ccccc21.[2H]C([2H])([2H])c1c[c-]c(-c2[n-]c3ccccc3[n+]2-c2c(C(C)C)cccc2C(C)C)c2oc3cc4ccc5ccccc5c4cc3c12.[Ir+3]. The van der Waals surface area contributed by atoms with Gasteiger partial charge in [-0.15, -0.1) is 53.6 Å². The average molecular weight is 1110 g/mol. The Labute approximate surface area is 434 Å². The van der Waals surface area contributed by atoms with Crippen LogP contribution in [0.15, 0.2) is 168 Å². The largest absolute Gasteiger partial charge is 3.00 e. The molecule has 0 fully saturated rings. The molecular formula is C65H58IrN4O+. The van der Waals surface area contributed by atoms with Gasteiger partial charge in [0.05, 0.1) is 39.3 Å². The normalized spacial score (nSPS) is 12.6. The third-order valence-corrected chi connectivity index (χ3v) is 13.8. The third kappa shape index (κ3) is 8.27. The maximum Gasteiger partial charge on any atom is 3.00 e. The summed E-state index contributed by atoms with van der Waals surface area (Å²) in [6.07, 6.45) is 0. The number of furan rings is 1. The fourth-order valence-electron chi connectivity index (χ4n) is 10.4. The molecule has 3 aromatic heterocycles. The number of nitrogens with zero attached hydrogens (tertiary/aromatic N) is 4. The first kappa shape index (κ1) is 43.9. The second-order valence-corrected chi connectivity index (χ2v) is 19.7. The Morgan fingerprint density at radius 3 is 1.97 bits per heavy atom. The monoisotopic (exact) mass is 1110 g/mol. The molecule has 12 rings (SSSR count). The molecule has 0 aliphatic rings. The molecule has 352 valence electrons. The van der Waals surface area contributed by atoms with Gasteiger partial charge in [0, 0.05) is 20.9 Å². The van der Waals surface area contributed by atoms with Gasteiger partial charge in [-0.3, -0.25) is 9.97 Å². The van der Waals surface area contributed by atoms with Crippen molar-refractivity contribution in [2.75, 3.05) is 0 Å². The van der Waals surface area contributed by atoms with E-state index in [2.05, 4.69) is 180 Å². The zero-order valence-corrected chi connectivity index (χ0v) is 43.8. The molecule has 5 nitrogen and oxygen atoms in total. The van der Waals surface area contributed by atoms with Gasteiger partial charge < -0.3 is 13.6 Å². The van der Waals surface area contributed by atoms with Gasteiger partial charge >= 0.3 is 20.1 Å². The van der Waals surface area contributed by atoms with Crippen LogP contribution in [-0.4, -0.2) is 9.55 Å². The Morgan fingerprint density at radius 2 is 1.27 bits per heavy atom. The molecular weight excluding hydrogens is 1040 g/mol. The van der Waals surface area contributed by atoms with Crippen LogP contribution in [0.5, 0.6) is 0 Å². The Bertz CT molecular complexity index is 3990. The molecule has 0 aliphatic heterocycles. The van der Waals surface area contributed by atoms with Crippen LogP contribution in [0.1, 0.15) is 111 Å². The first-order chi connectivity index (χ1) is 35.2. The second-order valence-electron chi connectivity index (χ2n) is 19.7. The zero-order valence-electron chi connectivity index (χ0n) is 44.4. The third-order valence-electron chi connectivity index (χ3n) is 13.8. The van der Waals surface area contributed by atoms with Crippen LogP contribution < -0.4 is 9.55 Å². The van der Waals surface area contributed by atoms with Crippen molar-refractivity contribution in [3.63, 3.8) is 0 Å². The summed E-state index contributed by atoms with van der Waals surface area (Å²) in [5.74, 6) is 3.00. The summed E-state index contributed by atoms with van der Waals surface area (Å²) in [5.41, 5.74) is 14.5. The summed E-state index contributed by atoms with van der Waals surface area (Å²) in [6, 6.07) is 62.8. The van der Waals surface area contributed by atoms with Gasteiger partial charge in [0.15, 0.2) is 0 Å². The summed E-state index contributed by atoms with van der Waals surface area (Å²) < 4.78 is 36.8. The van der Waals surface area contributed by atoms with Gasteiger partial charge in [-0.25, -0.2) is 0 Å². The van der Waals surface area contributed by atoms with Gasteiger partial charge in [-0.1, -0.05) is 170 Å². The van der Waals surface area contributed by atoms with Crippen molar-refractivity contribution in [3.05, 3.63) is 204 Å². The van der Waals surface area contributed by atoms with Crippen molar-refractivity contribution in [2.45, 2.75) is 85.9 Å². The Hall–Kier alpha value is -7.11. The van der Waals surface area contributed by atoms with Crippen molar-refractivity contribution in [1.82, 2.24) is 14.5 Å². The minimum atomic E-state index is -2.37. The predicted molar refractivity (Wildman–Crippen MR) is 292 cm³/mol. The molecule has 0 unspecified atom stereocenters. The number of benzene rings is 9. The van der Waals surface area contributed by atoms with Crippen LogP contribution in [-0.2, 0) is 20.1 Å². The molecule has 0 saturated carbocycles. The minimum absolute atomic E-state index is 0. The molecule has 0 saturated heterocycles. The zero-order chi connectivity index (χ0) is 50.9. The first-order valence-electron chi connectivity index (χ1n) is 26.1. The van der Waals surface area contributed by atoms with E-state index in [0.717, 1.165) is 66.1 Å². The summed E-state index contributed by atoms with van der Waals surface area (Å²) in [7, 11) is 0. The number of fused-ring (bicyclic) bond motifs is 8. The number of aryl methyl sites for hydroxylation is 1. The number of hydrogen-bond donors (Lipinski definition) is 0. The molecule has 71 heavy (non-hydrogen) atoms. The topological polar surface area (TPSA) is 48.9 Å². The maximum absolute atomic E-state index is 8.50. The van der Waals surface area contributed by atoms with Crippen LogP contribution >= 0.6 is 0 Å². The van der Waals surface area contributed by atoms with E-state index in [4.69, 9.17) is 18.5 Å².